The maximum Gasteiger partial charge on any atom is 0.419 e. The van der Waals surface area contributed by atoms with E-state index in [1.807, 2.05) is 0 Å². The highest BCUT2D eigenvalue weighted by Crippen LogP contribution is 2.33. The van der Waals surface area contributed by atoms with Gasteiger partial charge in [-0.15, -0.1) is 0 Å². The molecule has 4 nitrogen and oxygen atoms in total. The van der Waals surface area contributed by atoms with Crippen LogP contribution in [0.15, 0.2) is 29.1 Å². The fourth-order valence-electron chi connectivity index (χ4n) is 1.75. The van der Waals surface area contributed by atoms with Crippen LogP contribution in [-0.4, -0.2) is 10.6 Å². The van der Waals surface area contributed by atoms with Crippen molar-refractivity contribution in [1.29, 1.82) is 0 Å². The third kappa shape index (κ3) is 2.49. The number of fused-ring (bicyclic) bond motifs is 1. The van der Waals surface area contributed by atoms with E-state index in [1.165, 1.54) is 0 Å². The Morgan fingerprint density at radius 3 is 2.45 bits per heavy atom. The summed E-state index contributed by atoms with van der Waals surface area (Å²) in [4.78, 5) is 22.5. The van der Waals surface area contributed by atoms with Crippen molar-refractivity contribution < 1.29 is 22.4 Å². The van der Waals surface area contributed by atoms with E-state index in [-0.39, 0.29) is 10.9 Å². The highest BCUT2D eigenvalue weighted by atomic mass is 19.4. The summed E-state index contributed by atoms with van der Waals surface area (Å²) < 4.78 is 52.0. The fraction of sp³-hybridized carbons (Fsp3) is 0.167. The number of nitrogens with zero attached hydrogens (tertiary/aromatic N) is 1. The molecule has 1 amide bonds. The van der Waals surface area contributed by atoms with E-state index in [0.29, 0.717) is 16.8 Å². The molecule has 2 aromatic rings. The Balaban J connectivity index is 2.78. The first kappa shape index (κ1) is 14.0. The van der Waals surface area contributed by atoms with Crippen LogP contribution in [0.1, 0.15) is 12.5 Å². The number of hydrogen-bond acceptors (Lipinski definition) is 2. The van der Waals surface area contributed by atoms with E-state index in [2.05, 4.69) is 5.43 Å². The van der Waals surface area contributed by atoms with E-state index in [9.17, 15) is 27.2 Å². The van der Waals surface area contributed by atoms with Gasteiger partial charge in [0.2, 0.25) is 5.91 Å². The van der Waals surface area contributed by atoms with E-state index in [0.717, 1.165) is 19.1 Å². The van der Waals surface area contributed by atoms with Crippen LogP contribution in [0.4, 0.5) is 17.6 Å². The minimum absolute atomic E-state index is 0.0212. The number of benzene rings is 1. The lowest BCUT2D eigenvalue weighted by atomic mass is 10.1. The Morgan fingerprint density at radius 1 is 1.25 bits per heavy atom. The summed E-state index contributed by atoms with van der Waals surface area (Å²) in [7, 11) is 0. The van der Waals surface area contributed by atoms with Crippen LogP contribution in [-0.2, 0) is 11.0 Å². The quantitative estimate of drug-likeness (QED) is 0.818. The van der Waals surface area contributed by atoms with Gasteiger partial charge in [0, 0.05) is 24.4 Å². The zero-order valence-electron chi connectivity index (χ0n) is 10.1. The first-order chi connectivity index (χ1) is 9.20. The number of alkyl halides is 3. The first-order valence-electron chi connectivity index (χ1n) is 5.40. The Kier molecular flexibility index (Phi) is 3.24. The van der Waals surface area contributed by atoms with Gasteiger partial charge >= 0.3 is 6.18 Å². The number of hydrogen-bond donors (Lipinski definition) is 1. The van der Waals surface area contributed by atoms with E-state index >= 15 is 0 Å². The van der Waals surface area contributed by atoms with Crippen LogP contribution in [0.5, 0.6) is 0 Å². The van der Waals surface area contributed by atoms with Gasteiger partial charge in [0.25, 0.3) is 5.56 Å². The summed E-state index contributed by atoms with van der Waals surface area (Å²) in [5, 5.41) is -0.0212. The lowest BCUT2D eigenvalue weighted by Crippen LogP contribution is -2.31. The molecule has 20 heavy (non-hydrogen) atoms. The Morgan fingerprint density at radius 2 is 1.90 bits per heavy atom. The Hall–Kier alpha value is -2.38. The average Bonchev–Trinajstić information content (AvgIpc) is 2.31. The van der Waals surface area contributed by atoms with E-state index in [4.69, 9.17) is 0 Å². The molecule has 0 saturated heterocycles. The van der Waals surface area contributed by atoms with Crippen molar-refractivity contribution in [3.05, 3.63) is 46.0 Å². The third-order valence-corrected chi connectivity index (χ3v) is 2.56. The number of pyridine rings is 1. The van der Waals surface area contributed by atoms with Crippen molar-refractivity contribution >= 4 is 16.8 Å². The Labute approximate surface area is 109 Å². The van der Waals surface area contributed by atoms with Crippen molar-refractivity contribution in [2.24, 2.45) is 0 Å². The zero-order chi connectivity index (χ0) is 15.1. The van der Waals surface area contributed by atoms with Crippen LogP contribution in [0.2, 0.25) is 0 Å². The molecule has 0 unspecified atom stereocenters. The van der Waals surface area contributed by atoms with Gasteiger partial charge in [0.05, 0.1) is 11.1 Å². The standard InChI is InChI=1S/C12H8F4N2O2/c1-6(19)17-18-10-5-9(13)8(12(14,15)16)4-7(10)2-3-11(18)20/h2-5H,1H3,(H,17,19). The van der Waals surface area contributed by atoms with Gasteiger partial charge in [-0.25, -0.2) is 9.07 Å². The van der Waals surface area contributed by atoms with E-state index < -0.39 is 29.0 Å². The number of carbonyl (C=O) groups excluding carboxylic acids is 1. The Bertz CT molecular complexity index is 749. The summed E-state index contributed by atoms with van der Waals surface area (Å²) in [6.07, 6.45) is -4.84. The maximum absolute atomic E-state index is 13.5. The van der Waals surface area contributed by atoms with E-state index in [1.54, 1.807) is 0 Å². The van der Waals surface area contributed by atoms with Crippen molar-refractivity contribution in [3.63, 3.8) is 0 Å². The van der Waals surface area contributed by atoms with Crippen LogP contribution in [0, 0.1) is 5.82 Å². The van der Waals surface area contributed by atoms with Crippen LogP contribution in [0.25, 0.3) is 10.9 Å². The smallest absolute Gasteiger partial charge is 0.274 e. The molecular formula is C12H8F4N2O2. The molecular weight excluding hydrogens is 280 g/mol. The second-order valence-electron chi connectivity index (χ2n) is 4.06. The molecule has 0 atom stereocenters. The van der Waals surface area contributed by atoms with Gasteiger partial charge in [-0.2, -0.15) is 13.2 Å². The molecule has 1 aromatic heterocycles. The SMILES string of the molecule is CC(=O)Nn1c(=O)ccc2cc(C(F)(F)F)c(F)cc21. The van der Waals surface area contributed by atoms with Crippen LogP contribution >= 0.6 is 0 Å². The van der Waals surface area contributed by atoms with Crippen molar-refractivity contribution in [2.45, 2.75) is 13.1 Å². The van der Waals surface area contributed by atoms with Gasteiger partial charge in [-0.1, -0.05) is 0 Å². The molecule has 106 valence electrons. The number of amides is 1. The molecule has 1 N–H and O–H groups in total. The summed E-state index contributed by atoms with van der Waals surface area (Å²) in [5.41, 5.74) is -0.156. The predicted octanol–water partition coefficient (Wildman–Crippen LogP) is 2.25. The molecule has 0 bridgehead atoms. The van der Waals surface area contributed by atoms with Gasteiger partial charge in [-0.05, 0) is 12.1 Å². The third-order valence-electron chi connectivity index (χ3n) is 2.56. The summed E-state index contributed by atoms with van der Waals surface area (Å²) in [6, 6.07) is 3.26. The molecule has 0 fully saturated rings. The number of aromatic nitrogens is 1. The second-order valence-corrected chi connectivity index (χ2v) is 4.06. The molecule has 0 aliphatic carbocycles. The highest BCUT2D eigenvalue weighted by Gasteiger charge is 2.34. The van der Waals surface area contributed by atoms with Gasteiger partial charge < -0.3 is 0 Å². The van der Waals surface area contributed by atoms with Gasteiger partial charge in [-0.3, -0.25) is 15.0 Å². The lowest BCUT2D eigenvalue weighted by Gasteiger charge is -2.13. The average molecular weight is 288 g/mol. The van der Waals surface area contributed by atoms with Gasteiger partial charge in [0.15, 0.2) is 0 Å². The summed E-state index contributed by atoms with van der Waals surface area (Å²) >= 11 is 0. The minimum Gasteiger partial charge on any atom is -0.274 e. The molecule has 1 aromatic carbocycles. The molecule has 0 aliphatic rings. The van der Waals surface area contributed by atoms with Gasteiger partial charge in [0.1, 0.15) is 5.82 Å². The summed E-state index contributed by atoms with van der Waals surface area (Å²) in [5.74, 6) is -2.13. The molecule has 8 heteroatoms. The molecule has 0 aliphatic heterocycles. The highest BCUT2D eigenvalue weighted by molar-refractivity contribution is 5.85. The molecule has 0 saturated carbocycles. The molecule has 2 rings (SSSR count). The molecule has 1 heterocycles. The lowest BCUT2D eigenvalue weighted by molar-refractivity contribution is -0.139. The first-order valence-corrected chi connectivity index (χ1v) is 5.40. The largest absolute Gasteiger partial charge is 0.419 e. The van der Waals surface area contributed by atoms with Crippen molar-refractivity contribution in [2.75, 3.05) is 5.43 Å². The van der Waals surface area contributed by atoms with Crippen LogP contribution in [0.3, 0.4) is 0 Å². The van der Waals surface area contributed by atoms with Crippen molar-refractivity contribution in [3.8, 4) is 0 Å². The van der Waals surface area contributed by atoms with Crippen LogP contribution < -0.4 is 11.0 Å². The molecule has 0 spiro atoms. The summed E-state index contributed by atoms with van der Waals surface area (Å²) in [6.45, 7) is 1.12. The normalized spacial score (nSPS) is 11.7. The number of carbonyl (C=O) groups is 1. The zero-order valence-corrected chi connectivity index (χ0v) is 10.1. The monoisotopic (exact) mass is 288 g/mol. The topological polar surface area (TPSA) is 51.1 Å². The number of halogens is 4. The predicted molar refractivity (Wildman–Crippen MR) is 63.2 cm³/mol. The van der Waals surface area contributed by atoms with Crippen molar-refractivity contribution in [1.82, 2.24) is 4.68 Å². The molecule has 0 radical (unpaired) electrons. The minimum atomic E-state index is -4.84. The second kappa shape index (κ2) is 4.62. The number of rotatable bonds is 1. The maximum atomic E-state index is 13.5. The fourth-order valence-corrected chi connectivity index (χ4v) is 1.75. The number of nitrogens with one attached hydrogen (secondary N) is 1.